The highest BCUT2D eigenvalue weighted by molar-refractivity contribution is 5.95. The summed E-state index contributed by atoms with van der Waals surface area (Å²) in [5, 5.41) is 23.1. The zero-order valence-electron chi connectivity index (χ0n) is 27.4. The molecule has 0 aromatic heterocycles. The number of nitrogens with two attached hydrogens (primary N) is 1. The number of esters is 1. The third-order valence-electron chi connectivity index (χ3n) is 14.4. The zero-order valence-corrected chi connectivity index (χ0v) is 27.4. The first-order valence-electron chi connectivity index (χ1n) is 17.5. The highest BCUT2D eigenvalue weighted by atomic mass is 16.5. The Morgan fingerprint density at radius 1 is 0.907 bits per heavy atom. The zero-order chi connectivity index (χ0) is 30.9. The molecule has 11 atom stereocenters. The largest absolute Gasteiger partial charge is 0.458 e. The number of carbonyl (C=O) groups is 2. The summed E-state index contributed by atoms with van der Waals surface area (Å²) in [6, 6.07) is 0. The standard InChI is InChI=1S/C37H57NO5/c1-21(39)32(25-12-8-11-24(17-25)23-9-6-7-10-23)33-28-18-30(42)34-35(3)15-14-29(41)26(20-38)27(35)13-16-36(34,4)37(28,5)19-31(33)43-22(2)40/h25-31,34,41-42H,6-20,38H2,1-5H3/b33-32+/t25?,26-,27-,28-,29+,30+,31-,34-,35-,36-,37-/m0/s1. The monoisotopic (exact) mass is 595 g/mol. The topological polar surface area (TPSA) is 110 Å². The average molecular weight is 596 g/mol. The van der Waals surface area contributed by atoms with Gasteiger partial charge in [0.2, 0.25) is 0 Å². The molecule has 6 aliphatic rings. The molecule has 6 fully saturated rings. The Balaban J connectivity index is 1.44. The van der Waals surface area contributed by atoms with E-state index in [1.165, 1.54) is 32.6 Å². The quantitative estimate of drug-likeness (QED) is 0.196. The number of hydrogen-bond acceptors (Lipinski definition) is 6. The van der Waals surface area contributed by atoms with Crippen LogP contribution in [-0.4, -0.2) is 46.8 Å². The van der Waals surface area contributed by atoms with Crippen LogP contribution in [0.3, 0.4) is 0 Å². The van der Waals surface area contributed by atoms with Gasteiger partial charge in [0.1, 0.15) is 6.10 Å². The lowest BCUT2D eigenvalue weighted by molar-refractivity contribution is -0.234. The lowest BCUT2D eigenvalue weighted by Gasteiger charge is -2.69. The van der Waals surface area contributed by atoms with E-state index in [9.17, 15) is 19.8 Å². The van der Waals surface area contributed by atoms with Gasteiger partial charge in [0.15, 0.2) is 5.78 Å². The molecule has 6 rings (SSSR count). The molecule has 0 aromatic rings. The molecule has 0 amide bonds. The molecule has 0 aliphatic heterocycles. The highest BCUT2D eigenvalue weighted by Gasteiger charge is 2.71. The summed E-state index contributed by atoms with van der Waals surface area (Å²) in [6.45, 7) is 10.8. The minimum absolute atomic E-state index is 0.00357. The van der Waals surface area contributed by atoms with Gasteiger partial charge < -0.3 is 20.7 Å². The van der Waals surface area contributed by atoms with Crippen LogP contribution < -0.4 is 5.73 Å². The van der Waals surface area contributed by atoms with Crippen LogP contribution in [0.25, 0.3) is 0 Å². The molecule has 0 spiro atoms. The van der Waals surface area contributed by atoms with Crippen molar-refractivity contribution in [3.8, 4) is 0 Å². The van der Waals surface area contributed by atoms with Crippen molar-refractivity contribution in [3.05, 3.63) is 22.3 Å². The molecule has 0 bridgehead atoms. The summed E-state index contributed by atoms with van der Waals surface area (Å²) in [5.41, 5.74) is 10.9. The maximum absolute atomic E-state index is 13.7. The Hall–Kier alpha value is -1.50. The summed E-state index contributed by atoms with van der Waals surface area (Å²) in [5.74, 6) is 0.383. The van der Waals surface area contributed by atoms with Gasteiger partial charge >= 0.3 is 5.97 Å². The summed E-state index contributed by atoms with van der Waals surface area (Å²) in [6.07, 6.45) is 12.7. The number of hydrogen-bond donors (Lipinski definition) is 3. The molecule has 0 radical (unpaired) electrons. The van der Waals surface area contributed by atoms with Crippen molar-refractivity contribution in [2.45, 2.75) is 143 Å². The van der Waals surface area contributed by atoms with E-state index < -0.39 is 12.2 Å². The number of ketones is 1. The number of ether oxygens (including phenoxy) is 1. The predicted molar refractivity (Wildman–Crippen MR) is 168 cm³/mol. The first-order chi connectivity index (χ1) is 20.4. The minimum Gasteiger partial charge on any atom is -0.458 e. The van der Waals surface area contributed by atoms with Crippen LogP contribution in [0.4, 0.5) is 0 Å². The third-order valence-corrected chi connectivity index (χ3v) is 14.4. The van der Waals surface area contributed by atoms with E-state index in [1.807, 2.05) is 0 Å². The second-order valence-electron chi connectivity index (χ2n) is 16.3. The van der Waals surface area contributed by atoms with Crippen molar-refractivity contribution in [1.82, 2.24) is 0 Å². The summed E-state index contributed by atoms with van der Waals surface area (Å²) in [4.78, 5) is 26.3. The van der Waals surface area contributed by atoms with E-state index in [2.05, 4.69) is 20.8 Å². The first kappa shape index (κ1) is 31.5. The van der Waals surface area contributed by atoms with Gasteiger partial charge in [-0.25, -0.2) is 0 Å². The smallest absolute Gasteiger partial charge is 0.303 e. The molecule has 1 unspecified atom stereocenters. The van der Waals surface area contributed by atoms with E-state index >= 15 is 0 Å². The normalized spacial score (nSPS) is 47.4. The first-order valence-corrected chi connectivity index (χ1v) is 17.5. The van der Waals surface area contributed by atoms with Crippen LogP contribution in [0.15, 0.2) is 22.3 Å². The van der Waals surface area contributed by atoms with E-state index in [4.69, 9.17) is 10.5 Å². The molecule has 6 aliphatic carbocycles. The molecule has 6 heteroatoms. The van der Waals surface area contributed by atoms with Crippen molar-refractivity contribution >= 4 is 11.8 Å². The molecule has 4 N–H and O–H groups in total. The Morgan fingerprint density at radius 2 is 1.60 bits per heavy atom. The maximum Gasteiger partial charge on any atom is 0.303 e. The number of allylic oxidation sites excluding steroid dienone is 3. The number of carbonyl (C=O) groups excluding carboxylic acids is 2. The molecular weight excluding hydrogens is 538 g/mol. The Bertz CT molecular complexity index is 1200. The molecule has 0 heterocycles. The second-order valence-corrected chi connectivity index (χ2v) is 16.3. The fourth-order valence-corrected chi connectivity index (χ4v) is 12.5. The van der Waals surface area contributed by atoms with Gasteiger partial charge in [0.05, 0.1) is 12.2 Å². The van der Waals surface area contributed by atoms with E-state index in [1.54, 1.807) is 18.1 Å². The predicted octanol–water partition coefficient (Wildman–Crippen LogP) is 6.42. The van der Waals surface area contributed by atoms with Crippen molar-refractivity contribution in [2.24, 2.45) is 51.6 Å². The molecular formula is C37H57NO5. The van der Waals surface area contributed by atoms with Crippen LogP contribution in [0.2, 0.25) is 0 Å². The average Bonchev–Trinajstić information content (AvgIpc) is 3.57. The van der Waals surface area contributed by atoms with Gasteiger partial charge in [-0.15, -0.1) is 0 Å². The van der Waals surface area contributed by atoms with Gasteiger partial charge in [-0.2, -0.15) is 0 Å². The number of Topliss-reactive ketones (excluding diaryl/α,β-unsaturated/α-hetero) is 1. The van der Waals surface area contributed by atoms with Crippen LogP contribution >= 0.6 is 0 Å². The summed E-state index contributed by atoms with van der Waals surface area (Å²) >= 11 is 0. The molecule has 0 aromatic carbocycles. The Labute approximate surface area is 259 Å². The third kappa shape index (κ3) is 4.83. The van der Waals surface area contributed by atoms with Crippen molar-refractivity contribution in [2.75, 3.05) is 6.54 Å². The second kappa shape index (κ2) is 11.4. The van der Waals surface area contributed by atoms with Crippen LogP contribution in [0.1, 0.15) is 125 Å². The van der Waals surface area contributed by atoms with E-state index in [0.29, 0.717) is 19.4 Å². The van der Waals surface area contributed by atoms with Gasteiger partial charge in [-0.05, 0) is 149 Å². The van der Waals surface area contributed by atoms with Gasteiger partial charge in [0.25, 0.3) is 0 Å². The SMILES string of the molecule is CC(=O)O[C@H]1C[C@@]2(C)[C@@H](C[C@@H](O)[C@H]3[C@@]4(C)CC[C@@H](O)[C@@H](CN)[C@@H]4CC[C@@]32C)/C1=C(/C(C)=O)C1CCCC(=C2CCCC2)C1. The Morgan fingerprint density at radius 3 is 2.26 bits per heavy atom. The molecule has 43 heavy (non-hydrogen) atoms. The molecule has 6 saturated carbocycles. The van der Waals surface area contributed by atoms with Crippen molar-refractivity contribution in [3.63, 3.8) is 0 Å². The Kier molecular flexibility index (Phi) is 8.34. The van der Waals surface area contributed by atoms with Crippen molar-refractivity contribution in [1.29, 1.82) is 0 Å². The molecule has 240 valence electrons. The van der Waals surface area contributed by atoms with Crippen LogP contribution in [0, 0.1) is 45.8 Å². The van der Waals surface area contributed by atoms with Gasteiger partial charge in [0, 0.05) is 18.4 Å². The fraction of sp³-hybridized carbons (Fsp3) is 0.838. The number of aliphatic hydroxyl groups is 2. The maximum atomic E-state index is 13.7. The van der Waals surface area contributed by atoms with Gasteiger partial charge in [-0.1, -0.05) is 31.9 Å². The summed E-state index contributed by atoms with van der Waals surface area (Å²) < 4.78 is 6.18. The lowest BCUT2D eigenvalue weighted by atomic mass is 9.36. The number of aliphatic hydroxyl groups excluding tert-OH is 2. The number of rotatable bonds is 4. The molecule has 0 saturated heterocycles. The minimum atomic E-state index is -0.522. The lowest BCUT2D eigenvalue weighted by Crippen LogP contribution is -2.66. The summed E-state index contributed by atoms with van der Waals surface area (Å²) in [7, 11) is 0. The highest BCUT2D eigenvalue weighted by Crippen LogP contribution is 2.74. The van der Waals surface area contributed by atoms with E-state index in [-0.39, 0.29) is 63.7 Å². The van der Waals surface area contributed by atoms with Gasteiger partial charge in [-0.3, -0.25) is 9.59 Å². The number of fused-ring (bicyclic) bond motifs is 5. The fourth-order valence-electron chi connectivity index (χ4n) is 12.5. The molecule has 6 nitrogen and oxygen atoms in total. The van der Waals surface area contributed by atoms with Crippen molar-refractivity contribution < 1.29 is 24.5 Å². The van der Waals surface area contributed by atoms with Crippen LogP contribution in [-0.2, 0) is 14.3 Å². The van der Waals surface area contributed by atoms with E-state index in [0.717, 1.165) is 62.5 Å². The van der Waals surface area contributed by atoms with Crippen LogP contribution in [0.5, 0.6) is 0 Å².